The number of aromatic nitrogens is 2. The molecule has 1 aromatic carbocycles. The van der Waals surface area contributed by atoms with Crippen molar-refractivity contribution in [2.24, 2.45) is 7.05 Å². The smallest absolute Gasteiger partial charge is 0.231 e. The Hall–Kier alpha value is -2.05. The summed E-state index contributed by atoms with van der Waals surface area (Å²) >= 11 is 0. The van der Waals surface area contributed by atoms with E-state index in [0.29, 0.717) is 12.3 Å². The fourth-order valence-electron chi connectivity index (χ4n) is 2.31. The van der Waals surface area contributed by atoms with Crippen molar-refractivity contribution in [2.75, 3.05) is 19.9 Å². The zero-order chi connectivity index (χ0) is 14.7. The van der Waals surface area contributed by atoms with Gasteiger partial charge >= 0.3 is 0 Å². The minimum Gasteiger partial charge on any atom is -0.454 e. The molecule has 0 amide bonds. The van der Waals surface area contributed by atoms with Crippen molar-refractivity contribution in [3.05, 3.63) is 42.0 Å². The van der Waals surface area contributed by atoms with Crippen molar-refractivity contribution in [1.82, 2.24) is 14.9 Å². The molecule has 6 heteroatoms. The van der Waals surface area contributed by atoms with Gasteiger partial charge in [0, 0.05) is 39.0 Å². The molecule has 0 bridgehead atoms. The predicted molar refractivity (Wildman–Crippen MR) is 77.3 cm³/mol. The standard InChI is InChI=1S/C15H19N3O3/c1-18-7-6-17-15(18)4-5-16-9-12(19)11-2-3-13-14(8-11)21-10-20-13/h2-3,6-8,12,16,19H,4-5,9-10H2,1H3. The molecule has 0 saturated heterocycles. The average molecular weight is 289 g/mol. The van der Waals surface area contributed by atoms with E-state index in [1.807, 2.05) is 36.0 Å². The summed E-state index contributed by atoms with van der Waals surface area (Å²) in [6.07, 6.45) is 3.98. The number of aliphatic hydroxyl groups is 1. The van der Waals surface area contributed by atoms with Gasteiger partial charge in [0.1, 0.15) is 5.82 Å². The fourth-order valence-corrected chi connectivity index (χ4v) is 2.31. The van der Waals surface area contributed by atoms with Crippen molar-refractivity contribution in [1.29, 1.82) is 0 Å². The molecule has 1 atom stereocenters. The molecule has 0 fully saturated rings. The van der Waals surface area contributed by atoms with Gasteiger partial charge in [0.05, 0.1) is 6.10 Å². The number of benzene rings is 1. The number of hydrogen-bond acceptors (Lipinski definition) is 5. The normalized spacial score (nSPS) is 14.4. The number of aliphatic hydroxyl groups excluding tert-OH is 1. The molecular weight excluding hydrogens is 270 g/mol. The SMILES string of the molecule is Cn1ccnc1CCNCC(O)c1ccc2c(c1)OCO2. The van der Waals surface area contributed by atoms with E-state index in [0.717, 1.165) is 30.1 Å². The van der Waals surface area contributed by atoms with Crippen LogP contribution in [-0.4, -0.2) is 34.5 Å². The van der Waals surface area contributed by atoms with Gasteiger partial charge in [-0.3, -0.25) is 0 Å². The third-order valence-corrected chi connectivity index (χ3v) is 3.57. The molecule has 3 rings (SSSR count). The van der Waals surface area contributed by atoms with Crippen LogP contribution in [0, 0.1) is 0 Å². The van der Waals surface area contributed by atoms with Crippen LogP contribution >= 0.6 is 0 Å². The summed E-state index contributed by atoms with van der Waals surface area (Å²) in [6.45, 7) is 1.51. The first-order chi connectivity index (χ1) is 10.2. The molecule has 0 radical (unpaired) electrons. The van der Waals surface area contributed by atoms with Crippen LogP contribution in [0.15, 0.2) is 30.6 Å². The maximum Gasteiger partial charge on any atom is 0.231 e. The number of nitrogens with one attached hydrogen (secondary N) is 1. The topological polar surface area (TPSA) is 68.5 Å². The van der Waals surface area contributed by atoms with Crippen LogP contribution in [0.5, 0.6) is 11.5 Å². The van der Waals surface area contributed by atoms with Gasteiger partial charge in [0.25, 0.3) is 0 Å². The molecule has 112 valence electrons. The van der Waals surface area contributed by atoms with Gasteiger partial charge in [-0.25, -0.2) is 4.98 Å². The highest BCUT2D eigenvalue weighted by atomic mass is 16.7. The number of fused-ring (bicyclic) bond motifs is 1. The lowest BCUT2D eigenvalue weighted by atomic mass is 10.1. The lowest BCUT2D eigenvalue weighted by Gasteiger charge is -2.12. The van der Waals surface area contributed by atoms with Crippen LogP contribution in [0.25, 0.3) is 0 Å². The maximum absolute atomic E-state index is 10.2. The van der Waals surface area contributed by atoms with Gasteiger partial charge in [-0.2, -0.15) is 0 Å². The van der Waals surface area contributed by atoms with Crippen LogP contribution in [0.3, 0.4) is 0 Å². The number of hydrogen-bond donors (Lipinski definition) is 2. The molecule has 1 aliphatic heterocycles. The van der Waals surface area contributed by atoms with Crippen molar-refractivity contribution >= 4 is 0 Å². The van der Waals surface area contributed by atoms with Gasteiger partial charge in [0.2, 0.25) is 6.79 Å². The van der Waals surface area contributed by atoms with E-state index >= 15 is 0 Å². The largest absolute Gasteiger partial charge is 0.454 e. The van der Waals surface area contributed by atoms with Crippen molar-refractivity contribution < 1.29 is 14.6 Å². The van der Waals surface area contributed by atoms with E-state index in [-0.39, 0.29) is 6.79 Å². The van der Waals surface area contributed by atoms with Crippen LogP contribution in [0.4, 0.5) is 0 Å². The van der Waals surface area contributed by atoms with E-state index in [9.17, 15) is 5.11 Å². The lowest BCUT2D eigenvalue weighted by Crippen LogP contribution is -2.24. The van der Waals surface area contributed by atoms with Crippen LogP contribution < -0.4 is 14.8 Å². The molecule has 1 aromatic heterocycles. The van der Waals surface area contributed by atoms with E-state index in [2.05, 4.69) is 10.3 Å². The Bertz CT molecular complexity index is 612. The van der Waals surface area contributed by atoms with Crippen LogP contribution in [-0.2, 0) is 13.5 Å². The number of rotatable bonds is 6. The van der Waals surface area contributed by atoms with Crippen molar-refractivity contribution in [2.45, 2.75) is 12.5 Å². The second-order valence-corrected chi connectivity index (χ2v) is 5.04. The highest BCUT2D eigenvalue weighted by Gasteiger charge is 2.16. The Labute approximate surface area is 123 Å². The first-order valence-corrected chi connectivity index (χ1v) is 6.98. The molecule has 2 heterocycles. The number of ether oxygens (including phenoxy) is 2. The lowest BCUT2D eigenvalue weighted by molar-refractivity contribution is 0.170. The fraction of sp³-hybridized carbons (Fsp3) is 0.400. The first kappa shape index (κ1) is 13.9. The highest BCUT2D eigenvalue weighted by Crippen LogP contribution is 2.33. The van der Waals surface area contributed by atoms with Gasteiger partial charge in [-0.05, 0) is 17.7 Å². The van der Waals surface area contributed by atoms with Crippen molar-refractivity contribution in [3.8, 4) is 11.5 Å². The summed E-state index contributed by atoms with van der Waals surface area (Å²) < 4.78 is 12.6. The molecule has 0 aliphatic carbocycles. The summed E-state index contributed by atoms with van der Waals surface area (Å²) in [4.78, 5) is 4.26. The number of aryl methyl sites for hydroxylation is 1. The van der Waals surface area contributed by atoms with Gasteiger partial charge < -0.3 is 24.5 Å². The molecule has 2 aromatic rings. The number of nitrogens with zero attached hydrogens (tertiary/aromatic N) is 2. The predicted octanol–water partition coefficient (Wildman–Crippen LogP) is 1.01. The van der Waals surface area contributed by atoms with E-state index in [1.165, 1.54) is 0 Å². The second-order valence-electron chi connectivity index (χ2n) is 5.04. The monoisotopic (exact) mass is 289 g/mol. The molecule has 2 N–H and O–H groups in total. The minimum atomic E-state index is -0.569. The Morgan fingerprint density at radius 3 is 3.05 bits per heavy atom. The van der Waals surface area contributed by atoms with Crippen molar-refractivity contribution in [3.63, 3.8) is 0 Å². The van der Waals surface area contributed by atoms with Gasteiger partial charge in [0.15, 0.2) is 11.5 Å². The third kappa shape index (κ3) is 3.17. The van der Waals surface area contributed by atoms with Crippen LogP contribution in [0.1, 0.15) is 17.5 Å². The van der Waals surface area contributed by atoms with E-state index < -0.39 is 6.10 Å². The molecule has 21 heavy (non-hydrogen) atoms. The third-order valence-electron chi connectivity index (χ3n) is 3.57. The maximum atomic E-state index is 10.2. The second kappa shape index (κ2) is 6.15. The summed E-state index contributed by atoms with van der Waals surface area (Å²) in [7, 11) is 1.98. The Morgan fingerprint density at radius 1 is 1.38 bits per heavy atom. The summed E-state index contributed by atoms with van der Waals surface area (Å²) in [5.74, 6) is 2.45. The van der Waals surface area contributed by atoms with Crippen LogP contribution in [0.2, 0.25) is 0 Å². The van der Waals surface area contributed by atoms with E-state index in [4.69, 9.17) is 9.47 Å². The molecule has 0 saturated carbocycles. The number of imidazole rings is 1. The molecule has 1 unspecified atom stereocenters. The Balaban J connectivity index is 1.48. The highest BCUT2D eigenvalue weighted by molar-refractivity contribution is 5.45. The Morgan fingerprint density at radius 2 is 2.24 bits per heavy atom. The minimum absolute atomic E-state index is 0.247. The Kier molecular flexibility index (Phi) is 4.08. The average Bonchev–Trinajstić information content (AvgIpc) is 3.11. The first-order valence-electron chi connectivity index (χ1n) is 6.98. The zero-order valence-electron chi connectivity index (χ0n) is 12.0. The summed E-state index contributed by atoms with van der Waals surface area (Å²) in [5, 5.41) is 13.4. The van der Waals surface area contributed by atoms with E-state index in [1.54, 1.807) is 6.20 Å². The van der Waals surface area contributed by atoms with Gasteiger partial charge in [-0.1, -0.05) is 6.07 Å². The van der Waals surface area contributed by atoms with Gasteiger partial charge in [-0.15, -0.1) is 0 Å². The summed E-state index contributed by atoms with van der Waals surface area (Å²) in [5.41, 5.74) is 0.823. The zero-order valence-corrected chi connectivity index (χ0v) is 12.0. The quantitative estimate of drug-likeness (QED) is 0.777. The summed E-state index contributed by atoms with van der Waals surface area (Å²) in [6, 6.07) is 5.51. The molecule has 1 aliphatic rings. The molecular formula is C15H19N3O3. The molecule has 6 nitrogen and oxygen atoms in total. The molecule has 0 spiro atoms.